The summed E-state index contributed by atoms with van der Waals surface area (Å²) in [6.07, 6.45) is -0.203. The fraction of sp³-hybridized carbons (Fsp3) is 0.462. The molecule has 0 spiro atoms. The third kappa shape index (κ3) is 5.18. The second kappa shape index (κ2) is 6.92. The van der Waals surface area contributed by atoms with Crippen molar-refractivity contribution in [3.05, 3.63) is 28.3 Å². The van der Waals surface area contributed by atoms with Crippen molar-refractivity contribution in [1.82, 2.24) is 4.72 Å². The normalized spacial score (nSPS) is 12.0. The van der Waals surface area contributed by atoms with Gasteiger partial charge in [-0.3, -0.25) is 14.9 Å². The fourth-order valence-corrected chi connectivity index (χ4v) is 3.48. The monoisotopic (exact) mass is 346 g/mol. The number of carbonyl (C=O) groups is 1. The van der Waals surface area contributed by atoms with Crippen LogP contribution < -0.4 is 9.46 Å². The number of sulfonamides is 1. The zero-order valence-corrected chi connectivity index (χ0v) is 13.7. The summed E-state index contributed by atoms with van der Waals surface area (Å²) >= 11 is 0. The van der Waals surface area contributed by atoms with Gasteiger partial charge >= 0.3 is 5.97 Å². The Labute approximate surface area is 133 Å². The van der Waals surface area contributed by atoms with E-state index in [-0.39, 0.29) is 18.6 Å². The van der Waals surface area contributed by atoms with Crippen LogP contribution in [-0.4, -0.2) is 37.1 Å². The summed E-state index contributed by atoms with van der Waals surface area (Å²) in [5.41, 5.74) is -1.70. The molecule has 0 aliphatic heterocycles. The van der Waals surface area contributed by atoms with Gasteiger partial charge in [-0.2, -0.15) is 0 Å². The van der Waals surface area contributed by atoms with Crippen molar-refractivity contribution in [2.24, 2.45) is 0 Å². The minimum atomic E-state index is -4.21. The molecule has 128 valence electrons. The van der Waals surface area contributed by atoms with Gasteiger partial charge < -0.3 is 9.84 Å². The Hall–Kier alpha value is -2.20. The van der Waals surface area contributed by atoms with Gasteiger partial charge in [0, 0.05) is 12.0 Å². The molecule has 10 heteroatoms. The second-order valence-electron chi connectivity index (χ2n) is 5.47. The van der Waals surface area contributed by atoms with Gasteiger partial charge in [0.25, 0.3) is 5.69 Å². The predicted molar refractivity (Wildman–Crippen MR) is 80.9 cm³/mol. The van der Waals surface area contributed by atoms with E-state index in [4.69, 9.17) is 9.84 Å². The maximum absolute atomic E-state index is 12.4. The molecule has 0 aliphatic rings. The second-order valence-corrected chi connectivity index (χ2v) is 7.12. The van der Waals surface area contributed by atoms with Crippen LogP contribution in [0.1, 0.15) is 26.7 Å². The van der Waals surface area contributed by atoms with E-state index in [1.807, 2.05) is 0 Å². The number of aliphatic carboxylic acids is 1. The Morgan fingerprint density at radius 2 is 2.04 bits per heavy atom. The topological polar surface area (TPSA) is 136 Å². The predicted octanol–water partition coefficient (Wildman–Crippen LogP) is 1.53. The molecular weight excluding hydrogens is 328 g/mol. The van der Waals surface area contributed by atoms with Crippen LogP contribution in [0.4, 0.5) is 5.69 Å². The lowest BCUT2D eigenvalue weighted by molar-refractivity contribution is -0.387. The Kier molecular flexibility index (Phi) is 5.67. The van der Waals surface area contributed by atoms with Crippen molar-refractivity contribution in [3.8, 4) is 5.75 Å². The third-order valence-electron chi connectivity index (χ3n) is 3.03. The minimum Gasteiger partial charge on any atom is -0.497 e. The van der Waals surface area contributed by atoms with Crippen molar-refractivity contribution < 1.29 is 28.0 Å². The molecule has 0 atom stereocenters. The number of carboxylic acids is 1. The molecule has 0 amide bonds. The molecule has 9 nitrogen and oxygen atoms in total. The number of benzene rings is 1. The number of nitrogens with zero attached hydrogens (tertiary/aromatic N) is 1. The van der Waals surface area contributed by atoms with E-state index in [0.29, 0.717) is 0 Å². The summed E-state index contributed by atoms with van der Waals surface area (Å²) in [5.74, 6) is -0.909. The maximum atomic E-state index is 12.4. The molecule has 1 aromatic carbocycles. The van der Waals surface area contributed by atoms with Gasteiger partial charge in [-0.05, 0) is 32.4 Å². The van der Waals surface area contributed by atoms with E-state index >= 15 is 0 Å². The first-order valence-corrected chi connectivity index (χ1v) is 8.05. The average Bonchev–Trinajstić information content (AvgIpc) is 2.43. The molecule has 0 saturated carbocycles. The fourth-order valence-electron chi connectivity index (χ4n) is 1.88. The van der Waals surface area contributed by atoms with Crippen LogP contribution in [0.3, 0.4) is 0 Å². The van der Waals surface area contributed by atoms with Crippen molar-refractivity contribution in [3.63, 3.8) is 0 Å². The maximum Gasteiger partial charge on any atom is 0.303 e. The Morgan fingerprint density at radius 3 is 2.52 bits per heavy atom. The molecule has 2 N–H and O–H groups in total. The van der Waals surface area contributed by atoms with Gasteiger partial charge in [-0.25, -0.2) is 13.1 Å². The van der Waals surface area contributed by atoms with E-state index in [9.17, 15) is 23.3 Å². The summed E-state index contributed by atoms with van der Waals surface area (Å²) in [6.45, 7) is 3.01. The number of rotatable bonds is 8. The van der Waals surface area contributed by atoms with Crippen LogP contribution in [0.2, 0.25) is 0 Å². The van der Waals surface area contributed by atoms with Crippen molar-refractivity contribution in [2.75, 3.05) is 7.11 Å². The average molecular weight is 346 g/mol. The molecule has 0 bridgehead atoms. The van der Waals surface area contributed by atoms with E-state index in [1.165, 1.54) is 27.0 Å². The summed E-state index contributed by atoms with van der Waals surface area (Å²) in [6, 6.07) is 3.39. The Morgan fingerprint density at radius 1 is 1.43 bits per heavy atom. The van der Waals surface area contributed by atoms with Gasteiger partial charge in [0.1, 0.15) is 5.75 Å². The highest BCUT2D eigenvalue weighted by molar-refractivity contribution is 7.89. The lowest BCUT2D eigenvalue weighted by Crippen LogP contribution is -2.43. The molecule has 0 saturated heterocycles. The molecule has 0 unspecified atom stereocenters. The summed E-state index contributed by atoms with van der Waals surface area (Å²) in [7, 11) is -2.90. The highest BCUT2D eigenvalue weighted by atomic mass is 32.2. The molecular formula is C13H18N2O7S. The van der Waals surface area contributed by atoms with Crippen LogP contribution in [0.5, 0.6) is 5.75 Å². The number of nitrogens with one attached hydrogen (secondary N) is 1. The van der Waals surface area contributed by atoms with Gasteiger partial charge in [0.05, 0.1) is 18.1 Å². The lowest BCUT2D eigenvalue weighted by atomic mass is 10.0. The van der Waals surface area contributed by atoms with Crippen LogP contribution in [0.15, 0.2) is 23.1 Å². The molecule has 0 aromatic heterocycles. The first kappa shape index (κ1) is 18.8. The van der Waals surface area contributed by atoms with Crippen LogP contribution in [0, 0.1) is 10.1 Å². The highest BCUT2D eigenvalue weighted by Gasteiger charge is 2.32. The first-order valence-electron chi connectivity index (χ1n) is 6.57. The molecule has 0 aliphatic carbocycles. The summed E-state index contributed by atoms with van der Waals surface area (Å²) in [4.78, 5) is 20.4. The quantitative estimate of drug-likeness (QED) is 0.538. The number of nitro groups is 1. The van der Waals surface area contributed by atoms with E-state index in [1.54, 1.807) is 0 Å². The van der Waals surface area contributed by atoms with Crippen LogP contribution in [0.25, 0.3) is 0 Å². The van der Waals surface area contributed by atoms with E-state index in [0.717, 1.165) is 12.1 Å². The lowest BCUT2D eigenvalue weighted by Gasteiger charge is -2.25. The van der Waals surface area contributed by atoms with Gasteiger partial charge in [-0.1, -0.05) is 0 Å². The molecule has 0 heterocycles. The number of hydrogen-bond donors (Lipinski definition) is 2. The number of carboxylic acid groups (broad SMARTS) is 1. The van der Waals surface area contributed by atoms with Crippen LogP contribution in [-0.2, 0) is 14.8 Å². The summed E-state index contributed by atoms with van der Waals surface area (Å²) < 4.78 is 32.0. The SMILES string of the molecule is COc1ccc(S(=O)(=O)NC(C)(C)CCC(=O)O)c([N+](=O)[O-])c1. The number of hydrogen-bond acceptors (Lipinski definition) is 6. The molecule has 0 radical (unpaired) electrons. The van der Waals surface area contributed by atoms with Crippen molar-refractivity contribution >= 4 is 21.7 Å². The molecule has 0 fully saturated rings. The third-order valence-corrected chi connectivity index (χ3v) is 4.77. The smallest absolute Gasteiger partial charge is 0.303 e. The number of ether oxygens (including phenoxy) is 1. The van der Waals surface area contributed by atoms with Gasteiger partial charge in [0.15, 0.2) is 4.90 Å². The molecule has 1 rings (SSSR count). The van der Waals surface area contributed by atoms with Crippen LogP contribution >= 0.6 is 0 Å². The van der Waals surface area contributed by atoms with Gasteiger partial charge in [0.2, 0.25) is 10.0 Å². The largest absolute Gasteiger partial charge is 0.497 e. The van der Waals surface area contributed by atoms with Gasteiger partial charge in [-0.15, -0.1) is 0 Å². The Bertz CT molecular complexity index is 713. The highest BCUT2D eigenvalue weighted by Crippen LogP contribution is 2.29. The van der Waals surface area contributed by atoms with E-state index in [2.05, 4.69) is 4.72 Å². The zero-order valence-electron chi connectivity index (χ0n) is 12.9. The number of methoxy groups -OCH3 is 1. The molecule has 23 heavy (non-hydrogen) atoms. The number of nitro benzene ring substituents is 1. The van der Waals surface area contributed by atoms with Crippen molar-refractivity contribution in [1.29, 1.82) is 0 Å². The Balaban J connectivity index is 3.18. The zero-order chi connectivity index (χ0) is 17.8. The van der Waals surface area contributed by atoms with E-state index < -0.39 is 37.0 Å². The summed E-state index contributed by atoms with van der Waals surface area (Å²) in [5, 5.41) is 19.8. The minimum absolute atomic E-state index is 0.0332. The molecule has 1 aromatic rings. The van der Waals surface area contributed by atoms with Crippen molar-refractivity contribution in [2.45, 2.75) is 37.1 Å². The first-order chi connectivity index (χ1) is 10.5. The standard InChI is InChI=1S/C13H18N2O7S/c1-13(2,7-6-12(16)17)14-23(20,21)11-5-4-9(22-3)8-10(11)15(18)19/h4-5,8,14H,6-7H2,1-3H3,(H,16,17).